The molecule has 3 rings (SSSR count). The molecule has 1 aromatic carbocycles. The van der Waals surface area contributed by atoms with E-state index in [-0.39, 0.29) is 11.9 Å². The van der Waals surface area contributed by atoms with Gasteiger partial charge in [-0.1, -0.05) is 18.2 Å². The molecule has 2 aliphatic heterocycles. The van der Waals surface area contributed by atoms with Crippen molar-refractivity contribution in [2.45, 2.75) is 18.9 Å². The van der Waals surface area contributed by atoms with Crippen LogP contribution in [0.1, 0.15) is 18.4 Å². The zero-order chi connectivity index (χ0) is 13.1. The standard InChI is InChI=1S/C15H18N2O2/c18-15(17-13-5-3-7-16-9-13)12-8-11-4-1-2-6-14(11)19-10-12/h1-2,4,6,8,13,16H,3,5,7,9-10H2,(H,17,18). The number of hydrogen-bond acceptors (Lipinski definition) is 3. The summed E-state index contributed by atoms with van der Waals surface area (Å²) in [6.45, 7) is 2.25. The second-order valence-electron chi connectivity index (χ2n) is 5.01. The summed E-state index contributed by atoms with van der Waals surface area (Å²) in [6, 6.07) is 8.00. The Hall–Kier alpha value is -1.81. The van der Waals surface area contributed by atoms with Crippen molar-refractivity contribution < 1.29 is 9.53 Å². The highest BCUT2D eigenvalue weighted by Gasteiger charge is 2.20. The van der Waals surface area contributed by atoms with Crippen LogP contribution < -0.4 is 15.4 Å². The number of carbonyl (C=O) groups is 1. The van der Waals surface area contributed by atoms with Crippen LogP contribution in [-0.2, 0) is 4.79 Å². The molecule has 0 bridgehead atoms. The van der Waals surface area contributed by atoms with Crippen molar-refractivity contribution >= 4 is 12.0 Å². The molecule has 1 amide bonds. The van der Waals surface area contributed by atoms with Crippen molar-refractivity contribution in [1.82, 2.24) is 10.6 Å². The predicted octanol–water partition coefficient (Wildman–Crippen LogP) is 1.33. The maximum atomic E-state index is 12.2. The largest absolute Gasteiger partial charge is 0.488 e. The monoisotopic (exact) mass is 258 g/mol. The summed E-state index contributed by atoms with van der Waals surface area (Å²) >= 11 is 0. The third-order valence-electron chi connectivity index (χ3n) is 3.56. The first kappa shape index (κ1) is 12.2. The van der Waals surface area contributed by atoms with Gasteiger partial charge in [-0.3, -0.25) is 4.79 Å². The number of carbonyl (C=O) groups excluding carboxylic acids is 1. The number of benzene rings is 1. The molecule has 0 spiro atoms. The average Bonchev–Trinajstić information content (AvgIpc) is 2.48. The lowest BCUT2D eigenvalue weighted by molar-refractivity contribution is -0.118. The fraction of sp³-hybridized carbons (Fsp3) is 0.400. The molecule has 4 nitrogen and oxygen atoms in total. The Bertz CT molecular complexity index is 505. The zero-order valence-electron chi connectivity index (χ0n) is 10.8. The van der Waals surface area contributed by atoms with Crippen LogP contribution in [0.4, 0.5) is 0 Å². The molecule has 0 aliphatic carbocycles. The van der Waals surface area contributed by atoms with Gasteiger partial charge in [-0.05, 0) is 31.5 Å². The first-order valence-corrected chi connectivity index (χ1v) is 6.77. The van der Waals surface area contributed by atoms with Gasteiger partial charge in [0.05, 0.1) is 5.57 Å². The molecular formula is C15H18N2O2. The second-order valence-corrected chi connectivity index (χ2v) is 5.01. The van der Waals surface area contributed by atoms with Crippen LogP contribution in [0.5, 0.6) is 5.75 Å². The van der Waals surface area contributed by atoms with E-state index in [2.05, 4.69) is 10.6 Å². The molecule has 1 saturated heterocycles. The molecule has 1 aromatic rings. The summed E-state index contributed by atoms with van der Waals surface area (Å²) in [5, 5.41) is 6.36. The van der Waals surface area contributed by atoms with E-state index in [9.17, 15) is 4.79 Å². The Morgan fingerprint density at radius 3 is 3.11 bits per heavy atom. The van der Waals surface area contributed by atoms with Crippen molar-refractivity contribution in [3.05, 3.63) is 35.4 Å². The number of hydrogen-bond donors (Lipinski definition) is 2. The average molecular weight is 258 g/mol. The van der Waals surface area contributed by atoms with Gasteiger partial charge in [-0.15, -0.1) is 0 Å². The molecule has 0 radical (unpaired) electrons. The molecule has 0 saturated carbocycles. The van der Waals surface area contributed by atoms with Gasteiger partial charge in [0.25, 0.3) is 5.91 Å². The van der Waals surface area contributed by atoms with Crippen LogP contribution in [0.2, 0.25) is 0 Å². The quantitative estimate of drug-likeness (QED) is 0.841. The second kappa shape index (κ2) is 5.45. The van der Waals surface area contributed by atoms with Crippen molar-refractivity contribution in [3.63, 3.8) is 0 Å². The molecule has 19 heavy (non-hydrogen) atoms. The minimum absolute atomic E-state index is 0.0109. The highest BCUT2D eigenvalue weighted by atomic mass is 16.5. The van der Waals surface area contributed by atoms with Crippen LogP contribution in [0.25, 0.3) is 6.08 Å². The fourth-order valence-electron chi connectivity index (χ4n) is 2.50. The molecule has 1 unspecified atom stereocenters. The molecule has 2 N–H and O–H groups in total. The number of amides is 1. The normalized spacial score (nSPS) is 21.9. The SMILES string of the molecule is O=C(NC1CCCNC1)C1=Cc2ccccc2OC1. The molecule has 4 heteroatoms. The third-order valence-corrected chi connectivity index (χ3v) is 3.56. The molecule has 100 valence electrons. The molecule has 2 heterocycles. The minimum atomic E-state index is -0.0109. The van der Waals surface area contributed by atoms with Crippen LogP contribution in [0, 0.1) is 0 Å². The van der Waals surface area contributed by atoms with Crippen LogP contribution >= 0.6 is 0 Å². The predicted molar refractivity (Wildman–Crippen MR) is 73.9 cm³/mol. The summed E-state index contributed by atoms with van der Waals surface area (Å²) in [4.78, 5) is 12.2. The number of rotatable bonds is 2. The smallest absolute Gasteiger partial charge is 0.250 e. The van der Waals surface area contributed by atoms with E-state index in [1.165, 1.54) is 0 Å². The number of nitrogens with one attached hydrogen (secondary N) is 2. The lowest BCUT2D eigenvalue weighted by atomic mass is 10.0. The highest BCUT2D eigenvalue weighted by molar-refractivity contribution is 5.99. The van der Waals surface area contributed by atoms with Gasteiger partial charge in [-0.25, -0.2) is 0 Å². The van der Waals surface area contributed by atoms with Gasteiger partial charge in [0, 0.05) is 18.2 Å². The first-order chi connectivity index (χ1) is 9.33. The number of para-hydroxylation sites is 1. The maximum absolute atomic E-state index is 12.2. The number of fused-ring (bicyclic) bond motifs is 1. The van der Waals surface area contributed by atoms with Gasteiger partial charge >= 0.3 is 0 Å². The zero-order valence-corrected chi connectivity index (χ0v) is 10.8. The Morgan fingerprint density at radius 1 is 1.37 bits per heavy atom. The van der Waals surface area contributed by atoms with E-state index in [0.717, 1.165) is 37.2 Å². The maximum Gasteiger partial charge on any atom is 0.250 e. The third kappa shape index (κ3) is 2.79. The topological polar surface area (TPSA) is 50.4 Å². The lowest BCUT2D eigenvalue weighted by Crippen LogP contribution is -2.46. The van der Waals surface area contributed by atoms with Gasteiger partial charge in [-0.2, -0.15) is 0 Å². The Labute approximate surface area is 112 Å². The summed E-state index contributed by atoms with van der Waals surface area (Å²) in [7, 11) is 0. The highest BCUT2D eigenvalue weighted by Crippen LogP contribution is 2.25. The van der Waals surface area contributed by atoms with E-state index in [0.29, 0.717) is 12.2 Å². The van der Waals surface area contributed by atoms with E-state index in [4.69, 9.17) is 4.74 Å². The summed E-state index contributed by atoms with van der Waals surface area (Å²) in [6.07, 6.45) is 4.08. The van der Waals surface area contributed by atoms with Gasteiger partial charge in [0.15, 0.2) is 0 Å². The van der Waals surface area contributed by atoms with E-state index < -0.39 is 0 Å². The molecule has 1 fully saturated rings. The van der Waals surface area contributed by atoms with E-state index >= 15 is 0 Å². The van der Waals surface area contributed by atoms with Crippen molar-refractivity contribution in [3.8, 4) is 5.75 Å². The summed E-state index contributed by atoms with van der Waals surface area (Å²) in [5.74, 6) is 0.835. The summed E-state index contributed by atoms with van der Waals surface area (Å²) < 4.78 is 5.60. The molecular weight excluding hydrogens is 240 g/mol. The van der Waals surface area contributed by atoms with Gasteiger partial charge < -0.3 is 15.4 Å². The first-order valence-electron chi connectivity index (χ1n) is 6.77. The number of ether oxygens (including phenoxy) is 1. The summed E-state index contributed by atoms with van der Waals surface area (Å²) in [5.41, 5.74) is 1.67. The van der Waals surface area contributed by atoms with Crippen LogP contribution in [-0.4, -0.2) is 31.6 Å². The van der Waals surface area contributed by atoms with E-state index in [1.54, 1.807) is 0 Å². The molecule has 1 atom stereocenters. The Morgan fingerprint density at radius 2 is 2.26 bits per heavy atom. The van der Waals surface area contributed by atoms with Crippen molar-refractivity contribution in [1.29, 1.82) is 0 Å². The van der Waals surface area contributed by atoms with Gasteiger partial charge in [0.1, 0.15) is 12.4 Å². The van der Waals surface area contributed by atoms with Gasteiger partial charge in [0.2, 0.25) is 0 Å². The molecule has 0 aromatic heterocycles. The number of piperidine rings is 1. The van der Waals surface area contributed by atoms with Crippen LogP contribution in [0.3, 0.4) is 0 Å². The Kier molecular flexibility index (Phi) is 3.51. The van der Waals surface area contributed by atoms with Crippen molar-refractivity contribution in [2.75, 3.05) is 19.7 Å². The van der Waals surface area contributed by atoms with Crippen LogP contribution in [0.15, 0.2) is 29.8 Å². The Balaban J connectivity index is 1.69. The fourth-order valence-corrected chi connectivity index (χ4v) is 2.50. The van der Waals surface area contributed by atoms with Crippen molar-refractivity contribution in [2.24, 2.45) is 0 Å². The van der Waals surface area contributed by atoms with E-state index in [1.807, 2.05) is 30.3 Å². The minimum Gasteiger partial charge on any atom is -0.488 e. The molecule has 2 aliphatic rings. The lowest BCUT2D eigenvalue weighted by Gasteiger charge is -2.25.